The van der Waals surface area contributed by atoms with Gasteiger partial charge in [0, 0.05) is 27.0 Å². The van der Waals surface area contributed by atoms with Gasteiger partial charge in [0.2, 0.25) is 11.8 Å². The van der Waals surface area contributed by atoms with Crippen molar-refractivity contribution < 1.29 is 19.2 Å². The number of nitrogens with zero attached hydrogens (tertiary/aromatic N) is 1. The van der Waals surface area contributed by atoms with Gasteiger partial charge in [-0.15, -0.1) is 11.8 Å². The Morgan fingerprint density at radius 1 is 0.905 bits per heavy atom. The normalized spacial score (nSPS) is 15.0. The van der Waals surface area contributed by atoms with E-state index in [1.54, 1.807) is 78.9 Å². The lowest BCUT2D eigenvalue weighted by Crippen LogP contribution is -2.31. The summed E-state index contributed by atoms with van der Waals surface area (Å²) in [5.41, 5.74) is 3.38. The number of amides is 4. The number of halogens is 1. The van der Waals surface area contributed by atoms with Crippen molar-refractivity contribution in [1.29, 1.82) is 0 Å². The van der Waals surface area contributed by atoms with E-state index in [0.717, 1.165) is 20.5 Å². The molecule has 1 unspecified atom stereocenters. The number of carbonyl (C=O) groups is 4. The Morgan fingerprint density at radius 3 is 2.31 bits per heavy atom. The number of hydrogen-bond acceptors (Lipinski definition) is 5. The number of nitrogens with one attached hydrogen (secondary N) is 2. The summed E-state index contributed by atoms with van der Waals surface area (Å²) in [5.74, 6) is -1.38. The van der Waals surface area contributed by atoms with Gasteiger partial charge in [0.05, 0.1) is 10.9 Å². The van der Waals surface area contributed by atoms with Crippen LogP contribution in [-0.2, 0) is 14.4 Å². The second-order valence-corrected chi connectivity index (χ2v) is 11.8. The first-order valence-electron chi connectivity index (χ1n) is 13.1. The molecule has 1 atom stereocenters. The standard InChI is InChI=1S/C33H26BrN3O4S/c1-21-6-5-7-22(18-21)19-28(36-31(39)23-8-3-2-4-9-23)32(40)35-25-12-16-27(17-13-25)42-29-20-30(38)37(33(29)41)26-14-10-24(34)11-15-26/h2-19,29H,20H2,1H3,(H,35,40)(H,36,39)/b28-19-. The quantitative estimate of drug-likeness (QED) is 0.167. The van der Waals surface area contributed by atoms with Crippen LogP contribution in [0.25, 0.3) is 6.08 Å². The van der Waals surface area contributed by atoms with E-state index >= 15 is 0 Å². The number of hydrogen-bond donors (Lipinski definition) is 2. The predicted octanol–water partition coefficient (Wildman–Crippen LogP) is 6.59. The Labute approximate surface area is 256 Å². The molecule has 42 heavy (non-hydrogen) atoms. The van der Waals surface area contributed by atoms with Crippen molar-refractivity contribution >= 4 is 68.8 Å². The van der Waals surface area contributed by atoms with Gasteiger partial charge in [-0.25, -0.2) is 4.90 Å². The lowest BCUT2D eigenvalue weighted by atomic mass is 10.1. The minimum Gasteiger partial charge on any atom is -0.321 e. The van der Waals surface area contributed by atoms with Crippen LogP contribution in [-0.4, -0.2) is 28.9 Å². The summed E-state index contributed by atoms with van der Waals surface area (Å²) in [6.07, 6.45) is 1.74. The van der Waals surface area contributed by atoms with Gasteiger partial charge in [0.1, 0.15) is 5.70 Å². The fourth-order valence-corrected chi connectivity index (χ4v) is 5.72. The maximum atomic E-state index is 13.3. The Balaban J connectivity index is 1.28. The molecule has 0 saturated carbocycles. The van der Waals surface area contributed by atoms with Crippen LogP contribution in [0.5, 0.6) is 0 Å². The van der Waals surface area contributed by atoms with E-state index in [1.165, 1.54) is 16.7 Å². The molecule has 210 valence electrons. The molecule has 1 fully saturated rings. The number of benzene rings is 4. The summed E-state index contributed by atoms with van der Waals surface area (Å²) in [5, 5.41) is 5.04. The summed E-state index contributed by atoms with van der Waals surface area (Å²) in [6, 6.07) is 30.3. The fourth-order valence-electron chi connectivity index (χ4n) is 4.41. The topological polar surface area (TPSA) is 95.6 Å². The van der Waals surface area contributed by atoms with Crippen LogP contribution >= 0.6 is 27.7 Å². The monoisotopic (exact) mass is 639 g/mol. The second kappa shape index (κ2) is 13.0. The number of imide groups is 1. The van der Waals surface area contributed by atoms with E-state index in [0.29, 0.717) is 16.9 Å². The molecule has 4 aromatic carbocycles. The third-order valence-corrected chi connectivity index (χ3v) is 8.19. The molecule has 2 N–H and O–H groups in total. The lowest BCUT2D eigenvalue weighted by Gasteiger charge is -2.15. The first-order valence-corrected chi connectivity index (χ1v) is 14.8. The number of thioether (sulfide) groups is 1. The summed E-state index contributed by atoms with van der Waals surface area (Å²) < 4.78 is 0.861. The van der Waals surface area contributed by atoms with Crippen LogP contribution < -0.4 is 15.5 Å². The van der Waals surface area contributed by atoms with Crippen molar-refractivity contribution in [3.8, 4) is 0 Å². The highest BCUT2D eigenvalue weighted by Gasteiger charge is 2.40. The van der Waals surface area contributed by atoms with Crippen LogP contribution in [0.4, 0.5) is 11.4 Å². The van der Waals surface area contributed by atoms with Crippen LogP contribution in [0, 0.1) is 6.92 Å². The highest BCUT2D eigenvalue weighted by atomic mass is 79.9. The summed E-state index contributed by atoms with van der Waals surface area (Å²) in [4.78, 5) is 53.8. The first kappa shape index (κ1) is 29.0. The highest BCUT2D eigenvalue weighted by Crippen LogP contribution is 2.34. The van der Waals surface area contributed by atoms with Gasteiger partial charge >= 0.3 is 0 Å². The molecule has 1 heterocycles. The van der Waals surface area contributed by atoms with Crippen molar-refractivity contribution in [2.75, 3.05) is 10.2 Å². The molecule has 9 heteroatoms. The van der Waals surface area contributed by atoms with Crippen LogP contribution in [0.15, 0.2) is 118 Å². The zero-order valence-electron chi connectivity index (χ0n) is 22.5. The molecule has 0 aromatic heterocycles. The molecular formula is C33H26BrN3O4S. The smallest absolute Gasteiger partial charge is 0.272 e. The molecule has 1 saturated heterocycles. The molecule has 5 rings (SSSR count). The largest absolute Gasteiger partial charge is 0.321 e. The Hall–Kier alpha value is -4.47. The third-order valence-electron chi connectivity index (χ3n) is 6.46. The molecule has 0 aliphatic carbocycles. The zero-order valence-corrected chi connectivity index (χ0v) is 24.9. The number of rotatable bonds is 8. The average molecular weight is 641 g/mol. The molecule has 1 aliphatic rings. The molecule has 4 aromatic rings. The molecule has 0 radical (unpaired) electrons. The van der Waals surface area contributed by atoms with Crippen LogP contribution in [0.2, 0.25) is 0 Å². The van der Waals surface area contributed by atoms with Crippen molar-refractivity contribution in [2.45, 2.75) is 23.5 Å². The molecule has 0 bridgehead atoms. The van der Waals surface area contributed by atoms with E-state index in [-0.39, 0.29) is 23.9 Å². The van der Waals surface area contributed by atoms with Crippen molar-refractivity contribution in [2.24, 2.45) is 0 Å². The third kappa shape index (κ3) is 7.05. The van der Waals surface area contributed by atoms with Gasteiger partial charge in [0.15, 0.2) is 0 Å². The molecule has 1 aliphatic heterocycles. The number of carbonyl (C=O) groups excluding carboxylic acids is 4. The summed E-state index contributed by atoms with van der Waals surface area (Å²) in [6.45, 7) is 1.95. The van der Waals surface area contributed by atoms with Gasteiger partial charge in [-0.05, 0) is 79.2 Å². The summed E-state index contributed by atoms with van der Waals surface area (Å²) >= 11 is 4.67. The first-order chi connectivity index (χ1) is 20.3. The Morgan fingerprint density at radius 2 is 1.62 bits per heavy atom. The molecule has 4 amide bonds. The summed E-state index contributed by atoms with van der Waals surface area (Å²) in [7, 11) is 0. The van der Waals surface area contributed by atoms with Crippen LogP contribution in [0.1, 0.15) is 27.9 Å². The average Bonchev–Trinajstić information content (AvgIpc) is 3.26. The fraction of sp³-hybridized carbons (Fsp3) is 0.0909. The Kier molecular flexibility index (Phi) is 9.00. The van der Waals surface area contributed by atoms with E-state index in [9.17, 15) is 19.2 Å². The highest BCUT2D eigenvalue weighted by molar-refractivity contribution is 9.10. The van der Waals surface area contributed by atoms with Gasteiger partial charge < -0.3 is 10.6 Å². The van der Waals surface area contributed by atoms with Crippen LogP contribution in [0.3, 0.4) is 0 Å². The SMILES string of the molecule is Cc1cccc(/C=C(\NC(=O)c2ccccc2)C(=O)Nc2ccc(SC3CC(=O)N(c4ccc(Br)cc4)C3=O)cc2)c1. The minimum absolute atomic E-state index is 0.0935. The maximum Gasteiger partial charge on any atom is 0.272 e. The number of anilines is 2. The predicted molar refractivity (Wildman–Crippen MR) is 169 cm³/mol. The molecular weight excluding hydrogens is 614 g/mol. The zero-order chi connectivity index (χ0) is 29.6. The van der Waals surface area contributed by atoms with Gasteiger partial charge in [-0.1, -0.05) is 64.0 Å². The van der Waals surface area contributed by atoms with E-state index in [1.807, 2.05) is 37.3 Å². The maximum absolute atomic E-state index is 13.3. The lowest BCUT2D eigenvalue weighted by molar-refractivity contribution is -0.121. The van der Waals surface area contributed by atoms with Gasteiger partial charge in [-0.2, -0.15) is 0 Å². The van der Waals surface area contributed by atoms with Crippen molar-refractivity contribution in [3.05, 3.63) is 130 Å². The van der Waals surface area contributed by atoms with E-state index < -0.39 is 17.1 Å². The van der Waals surface area contributed by atoms with E-state index in [2.05, 4.69) is 26.6 Å². The molecule has 0 spiro atoms. The molecule has 7 nitrogen and oxygen atoms in total. The second-order valence-electron chi connectivity index (χ2n) is 9.63. The van der Waals surface area contributed by atoms with Gasteiger partial charge in [-0.3, -0.25) is 19.2 Å². The van der Waals surface area contributed by atoms with Gasteiger partial charge in [0.25, 0.3) is 11.8 Å². The number of aryl methyl sites for hydroxylation is 1. The van der Waals surface area contributed by atoms with Crippen molar-refractivity contribution in [1.82, 2.24) is 5.32 Å². The van der Waals surface area contributed by atoms with E-state index in [4.69, 9.17) is 0 Å². The minimum atomic E-state index is -0.543. The Bertz CT molecular complexity index is 1670. The van der Waals surface area contributed by atoms with Crippen molar-refractivity contribution in [3.63, 3.8) is 0 Å².